The monoisotopic (exact) mass is 445 g/mol. The number of hydrogen-bond donors (Lipinski definition) is 1. The molecule has 0 bridgehead atoms. The molecule has 1 aromatic heterocycles. The second-order valence-electron chi connectivity index (χ2n) is 6.81. The van der Waals surface area contributed by atoms with Gasteiger partial charge >= 0.3 is 17.8 Å². The van der Waals surface area contributed by atoms with Gasteiger partial charge in [0, 0.05) is 12.7 Å². The fourth-order valence-electron chi connectivity index (χ4n) is 2.78. The minimum absolute atomic E-state index is 0.0330. The lowest BCUT2D eigenvalue weighted by atomic mass is 10.1. The van der Waals surface area contributed by atoms with Gasteiger partial charge in [-0.15, -0.1) is 11.8 Å². The fourth-order valence-corrected chi connectivity index (χ4v) is 3.77. The molecule has 11 heteroatoms. The molecule has 30 heavy (non-hydrogen) atoms. The van der Waals surface area contributed by atoms with Gasteiger partial charge in [-0.3, -0.25) is 14.7 Å². The van der Waals surface area contributed by atoms with Crippen molar-refractivity contribution in [3.05, 3.63) is 22.5 Å². The van der Waals surface area contributed by atoms with Crippen molar-refractivity contribution < 1.29 is 28.2 Å². The zero-order valence-electron chi connectivity index (χ0n) is 17.2. The Kier molecular flexibility index (Phi) is 10.1. The Morgan fingerprint density at radius 1 is 1.30 bits per heavy atom. The average molecular weight is 446 g/mol. The largest absolute Gasteiger partial charge is 0.462 e. The van der Waals surface area contributed by atoms with Gasteiger partial charge in [0.1, 0.15) is 18.3 Å². The van der Waals surface area contributed by atoms with Crippen molar-refractivity contribution in [1.82, 2.24) is 9.55 Å². The predicted octanol–water partition coefficient (Wildman–Crippen LogP) is 3.44. The van der Waals surface area contributed by atoms with Crippen molar-refractivity contribution >= 4 is 29.6 Å². The molecule has 1 aromatic rings. The van der Waals surface area contributed by atoms with E-state index in [1.165, 1.54) is 25.1 Å². The number of hydrogen-bond acceptors (Lipinski definition) is 8. The van der Waals surface area contributed by atoms with E-state index < -0.39 is 41.1 Å². The smallest absolute Gasteiger partial charge is 0.412 e. The maximum absolute atomic E-state index is 14.3. The second kappa shape index (κ2) is 12.5. The Morgan fingerprint density at radius 2 is 2.03 bits per heavy atom. The number of aromatic nitrogens is 2. The average Bonchev–Trinajstić information content (AvgIpc) is 3.17. The second-order valence-corrected chi connectivity index (χ2v) is 8.00. The van der Waals surface area contributed by atoms with Gasteiger partial charge in [0.2, 0.25) is 0 Å². The molecule has 0 unspecified atom stereocenters. The molecule has 1 aliphatic heterocycles. The van der Waals surface area contributed by atoms with E-state index in [0.29, 0.717) is 5.75 Å². The first-order valence-electron chi connectivity index (χ1n) is 10.0. The van der Waals surface area contributed by atoms with Gasteiger partial charge in [-0.1, -0.05) is 39.0 Å². The normalized spacial score (nSPS) is 18.2. The van der Waals surface area contributed by atoms with Crippen LogP contribution in [0.3, 0.4) is 0 Å². The Bertz CT molecular complexity index is 775. The number of nitrogens with one attached hydrogen (secondary N) is 1. The number of esters is 1. The summed E-state index contributed by atoms with van der Waals surface area (Å²) in [5.41, 5.74) is -1.23. The van der Waals surface area contributed by atoms with E-state index in [1.54, 1.807) is 0 Å². The van der Waals surface area contributed by atoms with E-state index in [0.717, 1.165) is 42.9 Å². The summed E-state index contributed by atoms with van der Waals surface area (Å²) in [5, 5.41) is 2.16. The van der Waals surface area contributed by atoms with Crippen LogP contribution in [0.5, 0.6) is 0 Å². The molecule has 0 aromatic carbocycles. The quantitative estimate of drug-likeness (QED) is 0.408. The number of unbranched alkanes of at least 4 members (excludes halogenated alkanes) is 5. The van der Waals surface area contributed by atoms with Gasteiger partial charge in [0.15, 0.2) is 11.6 Å². The number of anilines is 1. The van der Waals surface area contributed by atoms with Crippen LogP contribution in [0.15, 0.2) is 11.0 Å². The lowest BCUT2D eigenvalue weighted by Crippen LogP contribution is -2.31. The first-order chi connectivity index (χ1) is 14.4. The standard InChI is InChI=1S/C19H28FN3O6S/c1-3-4-5-6-7-8-9-27-19(26)22-17-14(20)10-23(18(25)21-17)15-12-30-16(29-15)11-28-13(2)24/h10,15-16H,3-9,11-12H2,1-2H3,(H,21,22,25,26)/t15-,16+/m0/s1. The van der Waals surface area contributed by atoms with Crippen molar-refractivity contribution in [2.45, 2.75) is 64.0 Å². The van der Waals surface area contributed by atoms with Crippen molar-refractivity contribution in [1.29, 1.82) is 0 Å². The molecule has 1 fully saturated rings. The van der Waals surface area contributed by atoms with E-state index >= 15 is 0 Å². The Morgan fingerprint density at radius 3 is 2.77 bits per heavy atom. The van der Waals surface area contributed by atoms with Gasteiger partial charge < -0.3 is 14.2 Å². The molecule has 1 N–H and O–H groups in total. The van der Waals surface area contributed by atoms with Gasteiger partial charge in [-0.2, -0.15) is 4.98 Å². The molecule has 1 amide bonds. The number of halogens is 1. The minimum atomic E-state index is -0.886. The molecule has 0 spiro atoms. The minimum Gasteiger partial charge on any atom is -0.462 e. The third-order valence-electron chi connectivity index (χ3n) is 4.32. The first kappa shape index (κ1) is 24.1. The fraction of sp³-hybridized carbons (Fsp3) is 0.684. The molecule has 168 valence electrons. The summed E-state index contributed by atoms with van der Waals surface area (Å²) in [5.74, 6) is -1.46. The highest BCUT2D eigenvalue weighted by Gasteiger charge is 2.29. The highest BCUT2D eigenvalue weighted by Crippen LogP contribution is 2.31. The summed E-state index contributed by atoms with van der Waals surface area (Å²) in [6.45, 7) is 3.67. The number of carbonyl (C=O) groups excluding carboxylic acids is 2. The molecule has 0 saturated carbocycles. The van der Waals surface area contributed by atoms with E-state index in [2.05, 4.69) is 17.2 Å². The van der Waals surface area contributed by atoms with Gasteiger partial charge in [-0.05, 0) is 6.42 Å². The molecule has 2 rings (SSSR count). The van der Waals surface area contributed by atoms with Crippen LogP contribution in [-0.2, 0) is 19.0 Å². The van der Waals surface area contributed by atoms with Crippen LogP contribution in [0, 0.1) is 5.82 Å². The third-order valence-corrected chi connectivity index (χ3v) is 5.42. The number of rotatable bonds is 11. The molecule has 1 aliphatic rings. The number of ether oxygens (including phenoxy) is 3. The topological polar surface area (TPSA) is 109 Å². The molecular formula is C19H28FN3O6S. The van der Waals surface area contributed by atoms with E-state index in [1.807, 2.05) is 0 Å². The van der Waals surface area contributed by atoms with Crippen molar-refractivity contribution in [2.24, 2.45) is 0 Å². The zero-order valence-corrected chi connectivity index (χ0v) is 18.0. The Labute approximate surface area is 178 Å². The summed E-state index contributed by atoms with van der Waals surface area (Å²) in [6, 6.07) is 0. The van der Waals surface area contributed by atoms with Crippen molar-refractivity contribution in [2.75, 3.05) is 24.3 Å². The molecule has 9 nitrogen and oxygen atoms in total. The predicted molar refractivity (Wildman–Crippen MR) is 110 cm³/mol. The lowest BCUT2D eigenvalue weighted by Gasteiger charge is -2.15. The van der Waals surface area contributed by atoms with Crippen LogP contribution < -0.4 is 11.0 Å². The first-order valence-corrected chi connectivity index (χ1v) is 11.1. The maximum Gasteiger partial charge on any atom is 0.412 e. The molecule has 0 aliphatic carbocycles. The zero-order chi connectivity index (χ0) is 21.9. The van der Waals surface area contributed by atoms with Crippen LogP contribution in [0.1, 0.15) is 58.6 Å². The highest BCUT2D eigenvalue weighted by molar-refractivity contribution is 8.00. The highest BCUT2D eigenvalue weighted by atomic mass is 32.2. The number of thioether (sulfide) groups is 1. The third kappa shape index (κ3) is 7.94. The Hall–Kier alpha value is -2.14. The maximum atomic E-state index is 14.3. The Balaban J connectivity index is 1.82. The van der Waals surface area contributed by atoms with E-state index in [-0.39, 0.29) is 13.2 Å². The van der Waals surface area contributed by atoms with Gasteiger partial charge in [-0.25, -0.2) is 14.0 Å². The van der Waals surface area contributed by atoms with Crippen LogP contribution in [-0.4, -0.2) is 46.0 Å². The molecule has 2 atom stereocenters. The molecule has 1 saturated heterocycles. The summed E-state index contributed by atoms with van der Waals surface area (Å²) >= 11 is 1.33. The number of carbonyl (C=O) groups is 2. The van der Waals surface area contributed by atoms with Gasteiger partial charge in [0.05, 0.1) is 12.8 Å². The summed E-state index contributed by atoms with van der Waals surface area (Å²) in [4.78, 5) is 38.5. The van der Waals surface area contributed by atoms with Crippen LogP contribution in [0.2, 0.25) is 0 Å². The lowest BCUT2D eigenvalue weighted by molar-refractivity contribution is -0.144. The molecule has 2 heterocycles. The SMILES string of the molecule is CCCCCCCCOC(=O)Nc1nc(=O)n([C@@H]2CS[C@H](COC(C)=O)O2)cc1F. The molecular weight excluding hydrogens is 417 g/mol. The number of amides is 1. The van der Waals surface area contributed by atoms with Crippen molar-refractivity contribution in [3.63, 3.8) is 0 Å². The van der Waals surface area contributed by atoms with Gasteiger partial charge in [0.25, 0.3) is 0 Å². The van der Waals surface area contributed by atoms with Crippen molar-refractivity contribution in [3.8, 4) is 0 Å². The van der Waals surface area contributed by atoms with Crippen LogP contribution in [0.4, 0.5) is 15.0 Å². The number of nitrogens with zero attached hydrogens (tertiary/aromatic N) is 2. The van der Waals surface area contributed by atoms with Crippen LogP contribution in [0.25, 0.3) is 0 Å². The summed E-state index contributed by atoms with van der Waals surface area (Å²) in [7, 11) is 0. The van der Waals surface area contributed by atoms with E-state index in [4.69, 9.17) is 14.2 Å². The molecule has 0 radical (unpaired) electrons. The van der Waals surface area contributed by atoms with Crippen LogP contribution >= 0.6 is 11.8 Å². The summed E-state index contributed by atoms with van der Waals surface area (Å²) < 4.78 is 30.8. The van der Waals surface area contributed by atoms with E-state index in [9.17, 15) is 18.8 Å². The summed E-state index contributed by atoms with van der Waals surface area (Å²) in [6.07, 6.45) is 5.58.